The minimum Gasteiger partial charge on any atom is -0.393 e. The summed E-state index contributed by atoms with van der Waals surface area (Å²) in [5, 5.41) is 10.3. The summed E-state index contributed by atoms with van der Waals surface area (Å²) in [6.45, 7) is 3.88. The standard InChI is InChI=1S/C13H18ClN3O/c1-7-8(2)16-13(12(14)15-7)17-9-3-4-10(17)6-11(18)5-9/h9-11,18H,3-6H2,1-2H3. The van der Waals surface area contributed by atoms with Crippen LogP contribution >= 0.6 is 11.6 Å². The smallest absolute Gasteiger partial charge is 0.171 e. The predicted octanol–water partition coefficient (Wildman–Crippen LogP) is 2.24. The van der Waals surface area contributed by atoms with E-state index in [0.29, 0.717) is 17.2 Å². The van der Waals surface area contributed by atoms with Gasteiger partial charge in [0.2, 0.25) is 0 Å². The summed E-state index contributed by atoms with van der Waals surface area (Å²) >= 11 is 6.25. The van der Waals surface area contributed by atoms with E-state index in [2.05, 4.69) is 14.9 Å². The maximum Gasteiger partial charge on any atom is 0.171 e. The van der Waals surface area contributed by atoms with Gasteiger partial charge in [-0.05, 0) is 39.5 Å². The molecule has 1 aromatic rings. The van der Waals surface area contributed by atoms with Gasteiger partial charge >= 0.3 is 0 Å². The number of rotatable bonds is 1. The highest BCUT2D eigenvalue weighted by molar-refractivity contribution is 6.31. The summed E-state index contributed by atoms with van der Waals surface area (Å²) in [5.41, 5.74) is 1.81. The molecule has 2 aliphatic rings. The molecule has 18 heavy (non-hydrogen) atoms. The third-order valence-corrected chi connectivity index (χ3v) is 4.45. The Labute approximate surface area is 112 Å². The Morgan fingerprint density at radius 2 is 1.67 bits per heavy atom. The zero-order valence-electron chi connectivity index (χ0n) is 10.7. The summed E-state index contributed by atoms with van der Waals surface area (Å²) < 4.78 is 0. The number of hydrogen-bond donors (Lipinski definition) is 1. The van der Waals surface area contributed by atoms with Gasteiger partial charge in [-0.3, -0.25) is 0 Å². The van der Waals surface area contributed by atoms with E-state index in [0.717, 1.165) is 42.9 Å². The minimum atomic E-state index is -0.169. The van der Waals surface area contributed by atoms with E-state index in [-0.39, 0.29) is 6.10 Å². The summed E-state index contributed by atoms with van der Waals surface area (Å²) in [6.07, 6.45) is 3.71. The molecule has 4 nitrogen and oxygen atoms in total. The molecule has 98 valence electrons. The van der Waals surface area contributed by atoms with Gasteiger partial charge < -0.3 is 10.0 Å². The lowest BCUT2D eigenvalue weighted by Gasteiger charge is -2.38. The lowest BCUT2D eigenvalue weighted by Crippen LogP contribution is -2.45. The summed E-state index contributed by atoms with van der Waals surface area (Å²) in [7, 11) is 0. The Kier molecular flexibility index (Phi) is 2.94. The molecule has 3 rings (SSSR count). The molecule has 0 spiro atoms. The first kappa shape index (κ1) is 12.2. The number of nitrogens with zero attached hydrogens (tertiary/aromatic N) is 3. The Morgan fingerprint density at radius 1 is 1.11 bits per heavy atom. The van der Waals surface area contributed by atoms with Crippen LogP contribution in [0.2, 0.25) is 5.15 Å². The zero-order chi connectivity index (χ0) is 12.9. The molecule has 2 unspecified atom stereocenters. The van der Waals surface area contributed by atoms with Crippen molar-refractivity contribution in [3.8, 4) is 0 Å². The van der Waals surface area contributed by atoms with Crippen LogP contribution in [0.5, 0.6) is 0 Å². The van der Waals surface area contributed by atoms with Crippen LogP contribution < -0.4 is 4.90 Å². The number of piperidine rings is 1. The molecule has 5 heteroatoms. The van der Waals surface area contributed by atoms with E-state index in [9.17, 15) is 5.11 Å². The number of aliphatic hydroxyl groups excluding tert-OH is 1. The molecule has 0 saturated carbocycles. The highest BCUT2D eigenvalue weighted by Gasteiger charge is 2.41. The van der Waals surface area contributed by atoms with Crippen LogP contribution in [0, 0.1) is 13.8 Å². The summed E-state index contributed by atoms with van der Waals surface area (Å²) in [5.74, 6) is 0.805. The second-order valence-corrected chi connectivity index (χ2v) is 5.78. The van der Waals surface area contributed by atoms with Crippen molar-refractivity contribution >= 4 is 17.4 Å². The molecule has 2 saturated heterocycles. The van der Waals surface area contributed by atoms with Crippen molar-refractivity contribution in [2.24, 2.45) is 0 Å². The van der Waals surface area contributed by atoms with Gasteiger partial charge in [0, 0.05) is 12.1 Å². The largest absolute Gasteiger partial charge is 0.393 e. The van der Waals surface area contributed by atoms with Gasteiger partial charge in [-0.25, -0.2) is 9.97 Å². The van der Waals surface area contributed by atoms with Crippen LogP contribution in [0.4, 0.5) is 5.82 Å². The van der Waals surface area contributed by atoms with E-state index in [1.807, 2.05) is 13.8 Å². The molecule has 1 aromatic heterocycles. The maximum absolute atomic E-state index is 9.83. The molecule has 0 aliphatic carbocycles. The first-order chi connectivity index (χ1) is 8.56. The van der Waals surface area contributed by atoms with E-state index in [1.54, 1.807) is 0 Å². The minimum absolute atomic E-state index is 0.169. The lowest BCUT2D eigenvalue weighted by atomic mass is 10.00. The zero-order valence-corrected chi connectivity index (χ0v) is 11.5. The van der Waals surface area contributed by atoms with Gasteiger partial charge in [-0.1, -0.05) is 11.6 Å². The molecule has 3 heterocycles. The second-order valence-electron chi connectivity index (χ2n) is 5.43. The Morgan fingerprint density at radius 3 is 2.28 bits per heavy atom. The third-order valence-electron chi connectivity index (χ3n) is 4.20. The van der Waals surface area contributed by atoms with E-state index in [1.165, 1.54) is 0 Å². The van der Waals surface area contributed by atoms with E-state index < -0.39 is 0 Å². The highest BCUT2D eigenvalue weighted by atomic mass is 35.5. The SMILES string of the molecule is Cc1nc(Cl)c(N2C3CCC2CC(O)C3)nc1C. The number of aromatic nitrogens is 2. The molecule has 0 aromatic carbocycles. The van der Waals surface area contributed by atoms with Crippen molar-refractivity contribution in [1.82, 2.24) is 9.97 Å². The number of anilines is 1. The van der Waals surface area contributed by atoms with Crippen LogP contribution in [0.15, 0.2) is 0 Å². The normalized spacial score (nSPS) is 30.9. The van der Waals surface area contributed by atoms with Crippen molar-refractivity contribution < 1.29 is 5.11 Å². The van der Waals surface area contributed by atoms with E-state index in [4.69, 9.17) is 11.6 Å². The maximum atomic E-state index is 9.83. The Balaban J connectivity index is 1.98. The Bertz CT molecular complexity index is 466. The molecular weight excluding hydrogens is 250 g/mol. The van der Waals surface area contributed by atoms with Crippen molar-refractivity contribution in [1.29, 1.82) is 0 Å². The molecule has 1 N–H and O–H groups in total. The third kappa shape index (κ3) is 1.88. The molecular formula is C13H18ClN3O. The topological polar surface area (TPSA) is 49.2 Å². The quantitative estimate of drug-likeness (QED) is 0.848. The Hall–Kier alpha value is -0.870. The number of aliphatic hydroxyl groups is 1. The van der Waals surface area contributed by atoms with Gasteiger partial charge in [0.25, 0.3) is 0 Å². The average molecular weight is 268 g/mol. The molecule has 0 amide bonds. The summed E-state index contributed by atoms with van der Waals surface area (Å²) in [4.78, 5) is 11.3. The fraction of sp³-hybridized carbons (Fsp3) is 0.692. The second kappa shape index (κ2) is 4.35. The van der Waals surface area contributed by atoms with Crippen molar-refractivity contribution in [3.63, 3.8) is 0 Å². The van der Waals surface area contributed by atoms with Gasteiger partial charge in [0.1, 0.15) is 0 Å². The van der Waals surface area contributed by atoms with Crippen molar-refractivity contribution in [3.05, 3.63) is 16.5 Å². The summed E-state index contributed by atoms with van der Waals surface area (Å²) in [6, 6.07) is 0.736. The highest BCUT2D eigenvalue weighted by Crippen LogP contribution is 2.40. The predicted molar refractivity (Wildman–Crippen MR) is 71.0 cm³/mol. The van der Waals surface area contributed by atoms with Crippen molar-refractivity contribution in [2.45, 2.75) is 57.7 Å². The van der Waals surface area contributed by atoms with Gasteiger partial charge in [0.05, 0.1) is 17.5 Å². The fourth-order valence-electron chi connectivity index (χ4n) is 3.22. The fourth-order valence-corrected chi connectivity index (χ4v) is 3.49. The van der Waals surface area contributed by atoms with Crippen LogP contribution in [0.3, 0.4) is 0 Å². The van der Waals surface area contributed by atoms with Crippen molar-refractivity contribution in [2.75, 3.05) is 4.90 Å². The van der Waals surface area contributed by atoms with Crippen LogP contribution in [0.25, 0.3) is 0 Å². The molecule has 2 fully saturated rings. The molecule has 2 atom stereocenters. The molecule has 2 bridgehead atoms. The molecule has 2 aliphatic heterocycles. The lowest BCUT2D eigenvalue weighted by molar-refractivity contribution is 0.126. The van der Waals surface area contributed by atoms with Crippen LogP contribution in [-0.2, 0) is 0 Å². The molecule has 0 radical (unpaired) electrons. The first-order valence-electron chi connectivity index (χ1n) is 6.53. The van der Waals surface area contributed by atoms with Gasteiger partial charge in [0.15, 0.2) is 11.0 Å². The van der Waals surface area contributed by atoms with Gasteiger partial charge in [-0.2, -0.15) is 0 Å². The first-order valence-corrected chi connectivity index (χ1v) is 6.91. The number of halogens is 1. The van der Waals surface area contributed by atoms with Crippen LogP contribution in [0.1, 0.15) is 37.1 Å². The van der Waals surface area contributed by atoms with Crippen LogP contribution in [-0.4, -0.2) is 33.3 Å². The average Bonchev–Trinajstić information content (AvgIpc) is 2.56. The number of hydrogen-bond acceptors (Lipinski definition) is 4. The monoisotopic (exact) mass is 267 g/mol. The van der Waals surface area contributed by atoms with E-state index >= 15 is 0 Å². The van der Waals surface area contributed by atoms with Gasteiger partial charge in [-0.15, -0.1) is 0 Å². The number of fused-ring (bicyclic) bond motifs is 2. The number of aryl methyl sites for hydroxylation is 2.